The third-order valence-electron chi connectivity index (χ3n) is 2.89. The van der Waals surface area contributed by atoms with Crippen LogP contribution in [0.25, 0.3) is 0 Å². The third-order valence-corrected chi connectivity index (χ3v) is 2.89. The molecule has 1 fully saturated rings. The highest BCUT2D eigenvalue weighted by molar-refractivity contribution is 5.26. The molecule has 2 rings (SSSR count). The minimum absolute atomic E-state index is 0.628. The third kappa shape index (κ3) is 1.48. The Morgan fingerprint density at radius 2 is 2.31 bits per heavy atom. The lowest BCUT2D eigenvalue weighted by molar-refractivity contribution is 0.297. The Balaban J connectivity index is 2.22. The van der Waals surface area contributed by atoms with Crippen molar-refractivity contribution in [2.75, 3.05) is 6.54 Å². The minimum atomic E-state index is 0.628. The quantitative estimate of drug-likeness (QED) is 0.771. The molecule has 0 radical (unpaired) electrons. The van der Waals surface area contributed by atoms with E-state index in [9.17, 15) is 0 Å². The SMILES string of the molecule is Cc1noc(C2CCC2)c1CCN. The Hall–Kier alpha value is -0.830. The second kappa shape index (κ2) is 3.50. The molecule has 1 aliphatic rings. The highest BCUT2D eigenvalue weighted by Gasteiger charge is 2.27. The maximum Gasteiger partial charge on any atom is 0.143 e. The zero-order valence-corrected chi connectivity index (χ0v) is 8.05. The van der Waals surface area contributed by atoms with Crippen molar-refractivity contribution in [1.82, 2.24) is 5.16 Å². The van der Waals surface area contributed by atoms with Crippen molar-refractivity contribution in [3.63, 3.8) is 0 Å². The highest BCUT2D eigenvalue weighted by atomic mass is 16.5. The summed E-state index contributed by atoms with van der Waals surface area (Å²) in [6.45, 7) is 2.68. The predicted octanol–water partition coefficient (Wildman–Crippen LogP) is 1.75. The summed E-state index contributed by atoms with van der Waals surface area (Å²) in [5.74, 6) is 1.73. The Labute approximate surface area is 78.3 Å². The zero-order chi connectivity index (χ0) is 9.26. The Morgan fingerprint density at radius 3 is 2.85 bits per heavy atom. The molecule has 0 bridgehead atoms. The maximum absolute atomic E-state index is 5.55. The summed E-state index contributed by atoms with van der Waals surface area (Å²) in [7, 11) is 0. The normalized spacial score (nSPS) is 17.4. The van der Waals surface area contributed by atoms with Gasteiger partial charge in [0.25, 0.3) is 0 Å². The molecule has 1 aromatic heterocycles. The predicted molar refractivity (Wildman–Crippen MR) is 50.6 cm³/mol. The Kier molecular flexibility index (Phi) is 2.36. The summed E-state index contributed by atoms with van der Waals surface area (Å²) in [6, 6.07) is 0. The van der Waals surface area contributed by atoms with Crippen molar-refractivity contribution < 1.29 is 4.52 Å². The molecule has 0 amide bonds. The fraction of sp³-hybridized carbons (Fsp3) is 0.700. The lowest BCUT2D eigenvalue weighted by atomic mass is 9.81. The van der Waals surface area contributed by atoms with E-state index in [1.807, 2.05) is 6.92 Å². The second-order valence-corrected chi connectivity index (χ2v) is 3.78. The Bertz CT molecular complexity index is 289. The Morgan fingerprint density at radius 1 is 1.54 bits per heavy atom. The second-order valence-electron chi connectivity index (χ2n) is 3.78. The van der Waals surface area contributed by atoms with Crippen LogP contribution in [0.15, 0.2) is 4.52 Å². The zero-order valence-electron chi connectivity index (χ0n) is 8.05. The summed E-state index contributed by atoms with van der Waals surface area (Å²) >= 11 is 0. The molecule has 72 valence electrons. The molecular weight excluding hydrogens is 164 g/mol. The van der Waals surface area contributed by atoms with Crippen molar-refractivity contribution in [3.05, 3.63) is 17.0 Å². The van der Waals surface area contributed by atoms with Gasteiger partial charge in [-0.25, -0.2) is 0 Å². The van der Waals surface area contributed by atoms with Crippen molar-refractivity contribution in [2.24, 2.45) is 5.73 Å². The van der Waals surface area contributed by atoms with E-state index in [4.69, 9.17) is 10.3 Å². The van der Waals surface area contributed by atoms with E-state index < -0.39 is 0 Å². The van der Waals surface area contributed by atoms with Crippen molar-refractivity contribution in [1.29, 1.82) is 0 Å². The van der Waals surface area contributed by atoms with Crippen LogP contribution in [0.1, 0.15) is 42.2 Å². The van der Waals surface area contributed by atoms with E-state index in [1.165, 1.54) is 24.8 Å². The van der Waals surface area contributed by atoms with Crippen molar-refractivity contribution >= 4 is 0 Å². The lowest BCUT2D eigenvalue weighted by Crippen LogP contribution is -2.12. The number of hydrogen-bond donors (Lipinski definition) is 1. The molecule has 1 saturated carbocycles. The van der Waals surface area contributed by atoms with Gasteiger partial charge in [-0.05, 0) is 32.7 Å². The monoisotopic (exact) mass is 180 g/mol. The van der Waals surface area contributed by atoms with Gasteiger partial charge in [0, 0.05) is 11.5 Å². The summed E-state index contributed by atoms with van der Waals surface area (Å²) in [6.07, 6.45) is 4.74. The number of hydrogen-bond acceptors (Lipinski definition) is 3. The standard InChI is InChI=1S/C10H16N2O/c1-7-9(5-6-11)10(13-12-7)8-3-2-4-8/h8H,2-6,11H2,1H3. The molecule has 1 heterocycles. The van der Waals surface area contributed by atoms with Crippen LogP contribution in [0, 0.1) is 6.92 Å². The van der Waals surface area contributed by atoms with Gasteiger partial charge >= 0.3 is 0 Å². The topological polar surface area (TPSA) is 52.0 Å². The van der Waals surface area contributed by atoms with Gasteiger partial charge in [-0.3, -0.25) is 0 Å². The van der Waals surface area contributed by atoms with Gasteiger partial charge in [0.15, 0.2) is 0 Å². The van der Waals surface area contributed by atoms with Gasteiger partial charge in [0.1, 0.15) is 5.76 Å². The fourth-order valence-corrected chi connectivity index (χ4v) is 1.85. The number of aromatic nitrogens is 1. The number of nitrogens with zero attached hydrogens (tertiary/aromatic N) is 1. The molecule has 2 N–H and O–H groups in total. The molecule has 1 aromatic rings. The van der Waals surface area contributed by atoms with Gasteiger partial charge in [-0.2, -0.15) is 0 Å². The van der Waals surface area contributed by atoms with Gasteiger partial charge in [-0.1, -0.05) is 11.6 Å². The largest absolute Gasteiger partial charge is 0.361 e. The first-order valence-electron chi connectivity index (χ1n) is 4.98. The summed E-state index contributed by atoms with van der Waals surface area (Å²) in [4.78, 5) is 0. The van der Waals surface area contributed by atoms with E-state index >= 15 is 0 Å². The van der Waals surface area contributed by atoms with E-state index in [2.05, 4.69) is 5.16 Å². The van der Waals surface area contributed by atoms with E-state index in [0.717, 1.165) is 17.9 Å². The average Bonchev–Trinajstić information content (AvgIpc) is 2.33. The maximum atomic E-state index is 5.55. The highest BCUT2D eigenvalue weighted by Crippen LogP contribution is 2.38. The van der Waals surface area contributed by atoms with Gasteiger partial charge in [0.2, 0.25) is 0 Å². The van der Waals surface area contributed by atoms with E-state index in [-0.39, 0.29) is 0 Å². The molecule has 0 unspecified atom stereocenters. The minimum Gasteiger partial charge on any atom is -0.361 e. The molecular formula is C10H16N2O. The van der Waals surface area contributed by atoms with E-state index in [1.54, 1.807) is 0 Å². The van der Waals surface area contributed by atoms with Crippen molar-refractivity contribution in [3.8, 4) is 0 Å². The van der Waals surface area contributed by atoms with Crippen LogP contribution in [0.5, 0.6) is 0 Å². The van der Waals surface area contributed by atoms with Crippen LogP contribution in [-0.2, 0) is 6.42 Å². The van der Waals surface area contributed by atoms with Crippen molar-refractivity contribution in [2.45, 2.75) is 38.5 Å². The lowest BCUT2D eigenvalue weighted by Gasteiger charge is -2.23. The molecule has 3 heteroatoms. The summed E-state index contributed by atoms with van der Waals surface area (Å²) in [5.41, 5.74) is 7.83. The molecule has 0 atom stereocenters. The number of aryl methyl sites for hydroxylation is 1. The van der Waals surface area contributed by atoms with Crippen LogP contribution in [0.2, 0.25) is 0 Å². The van der Waals surface area contributed by atoms with Gasteiger partial charge in [-0.15, -0.1) is 0 Å². The molecule has 0 spiro atoms. The summed E-state index contributed by atoms with van der Waals surface area (Å²) < 4.78 is 5.35. The molecule has 1 aliphatic carbocycles. The first-order chi connectivity index (χ1) is 6.33. The van der Waals surface area contributed by atoms with Gasteiger partial charge < -0.3 is 10.3 Å². The van der Waals surface area contributed by atoms with Crippen LogP contribution in [0.3, 0.4) is 0 Å². The van der Waals surface area contributed by atoms with Crippen LogP contribution in [0.4, 0.5) is 0 Å². The van der Waals surface area contributed by atoms with E-state index in [0.29, 0.717) is 12.5 Å². The first-order valence-corrected chi connectivity index (χ1v) is 4.98. The molecule has 13 heavy (non-hydrogen) atoms. The molecule has 0 aromatic carbocycles. The van der Waals surface area contributed by atoms with Crippen LogP contribution in [-0.4, -0.2) is 11.7 Å². The number of rotatable bonds is 3. The fourth-order valence-electron chi connectivity index (χ4n) is 1.85. The number of nitrogens with two attached hydrogens (primary N) is 1. The molecule has 0 aliphatic heterocycles. The van der Waals surface area contributed by atoms with Crippen LogP contribution < -0.4 is 5.73 Å². The first kappa shape index (κ1) is 8.75. The molecule has 0 saturated heterocycles. The summed E-state index contributed by atoms with van der Waals surface area (Å²) in [5, 5.41) is 4.01. The smallest absolute Gasteiger partial charge is 0.143 e. The van der Waals surface area contributed by atoms with Crippen LogP contribution >= 0.6 is 0 Å². The average molecular weight is 180 g/mol. The van der Waals surface area contributed by atoms with Gasteiger partial charge in [0.05, 0.1) is 5.69 Å². The molecule has 3 nitrogen and oxygen atoms in total.